The Morgan fingerprint density at radius 3 is 2.79 bits per heavy atom. The fraction of sp³-hybridized carbons (Fsp3) is 0.222. The molecule has 0 atom stereocenters. The molecule has 1 heterocycles. The van der Waals surface area contributed by atoms with Crippen molar-refractivity contribution in [3.8, 4) is 5.75 Å². The van der Waals surface area contributed by atoms with Gasteiger partial charge in [0, 0.05) is 6.54 Å². The number of carboxylic acids is 1. The number of fused-ring (bicyclic) bond motifs is 1. The van der Waals surface area contributed by atoms with Gasteiger partial charge < -0.3 is 19.6 Å². The zero-order chi connectivity index (χ0) is 17.2. The third kappa shape index (κ3) is 3.48. The van der Waals surface area contributed by atoms with Gasteiger partial charge in [0.1, 0.15) is 11.3 Å². The Labute approximate surface area is 139 Å². The number of aromatic nitrogens is 1. The van der Waals surface area contributed by atoms with E-state index in [1.54, 1.807) is 12.1 Å². The monoisotopic (exact) mass is 326 g/mol. The summed E-state index contributed by atoms with van der Waals surface area (Å²) >= 11 is 0. The first kappa shape index (κ1) is 15.9. The van der Waals surface area contributed by atoms with Crippen molar-refractivity contribution < 1.29 is 19.1 Å². The van der Waals surface area contributed by atoms with E-state index in [1.807, 2.05) is 36.4 Å². The summed E-state index contributed by atoms with van der Waals surface area (Å²) in [7, 11) is 0. The number of rotatable bonds is 6. The second kappa shape index (κ2) is 6.23. The highest BCUT2D eigenvalue weighted by molar-refractivity contribution is 5.76. The molecular weight excluding hydrogens is 308 g/mol. The van der Waals surface area contributed by atoms with E-state index in [2.05, 4.69) is 10.3 Å². The molecule has 0 aliphatic carbocycles. The Morgan fingerprint density at radius 2 is 2.04 bits per heavy atom. The lowest BCUT2D eigenvalue weighted by Gasteiger charge is -2.21. The molecule has 124 valence electrons. The maximum atomic E-state index is 11.1. The molecule has 3 rings (SSSR count). The first-order chi connectivity index (χ1) is 11.4. The van der Waals surface area contributed by atoms with Crippen LogP contribution in [0.4, 0.5) is 6.01 Å². The van der Waals surface area contributed by atoms with Crippen molar-refractivity contribution in [3.05, 3.63) is 54.1 Å². The van der Waals surface area contributed by atoms with E-state index in [4.69, 9.17) is 14.3 Å². The predicted octanol–water partition coefficient (Wildman–Crippen LogP) is 3.68. The van der Waals surface area contributed by atoms with Gasteiger partial charge in [-0.05, 0) is 43.7 Å². The highest BCUT2D eigenvalue weighted by Gasteiger charge is 2.29. The van der Waals surface area contributed by atoms with E-state index in [9.17, 15) is 4.79 Å². The maximum absolute atomic E-state index is 11.1. The summed E-state index contributed by atoms with van der Waals surface area (Å²) in [5.74, 6) is -0.517. The van der Waals surface area contributed by atoms with Crippen LogP contribution in [-0.2, 0) is 11.3 Å². The SMILES string of the molecule is CC(C)(Oc1cccc(CNc2nc3ccccc3o2)c1)C(=O)O. The molecule has 0 aliphatic heterocycles. The molecule has 0 spiro atoms. The molecule has 6 heteroatoms. The number of oxazole rings is 1. The van der Waals surface area contributed by atoms with Gasteiger partial charge >= 0.3 is 5.97 Å². The minimum absolute atomic E-state index is 0.438. The number of hydrogen-bond acceptors (Lipinski definition) is 5. The van der Waals surface area contributed by atoms with Crippen LogP contribution in [0.2, 0.25) is 0 Å². The van der Waals surface area contributed by atoms with Gasteiger partial charge in [-0.1, -0.05) is 24.3 Å². The third-order valence-corrected chi connectivity index (χ3v) is 3.52. The number of anilines is 1. The number of ether oxygens (including phenoxy) is 1. The van der Waals surface area contributed by atoms with Crippen molar-refractivity contribution in [3.63, 3.8) is 0 Å². The normalized spacial score (nSPS) is 11.4. The van der Waals surface area contributed by atoms with Crippen molar-refractivity contribution in [2.45, 2.75) is 26.0 Å². The number of aliphatic carboxylic acids is 1. The Hall–Kier alpha value is -3.02. The molecule has 0 fully saturated rings. The Kier molecular flexibility index (Phi) is 4.12. The maximum Gasteiger partial charge on any atom is 0.347 e. The second-order valence-electron chi connectivity index (χ2n) is 5.91. The summed E-state index contributed by atoms with van der Waals surface area (Å²) in [6, 6.07) is 15.2. The minimum Gasteiger partial charge on any atom is -0.478 e. The van der Waals surface area contributed by atoms with Crippen LogP contribution in [-0.4, -0.2) is 21.7 Å². The zero-order valence-electron chi connectivity index (χ0n) is 13.4. The fourth-order valence-electron chi connectivity index (χ4n) is 2.18. The lowest BCUT2D eigenvalue weighted by Crippen LogP contribution is -2.37. The van der Waals surface area contributed by atoms with Gasteiger partial charge in [-0.2, -0.15) is 4.98 Å². The molecule has 0 aliphatic rings. The standard InChI is InChI=1S/C18H18N2O4/c1-18(2,16(21)22)24-13-7-5-6-12(10-13)11-19-17-20-14-8-3-4-9-15(14)23-17/h3-10H,11H2,1-2H3,(H,19,20)(H,21,22). The van der Waals surface area contributed by atoms with E-state index in [-0.39, 0.29) is 0 Å². The van der Waals surface area contributed by atoms with Crippen LogP contribution < -0.4 is 10.1 Å². The van der Waals surface area contributed by atoms with Crippen LogP contribution in [0.1, 0.15) is 19.4 Å². The van der Waals surface area contributed by atoms with Gasteiger partial charge in [0.05, 0.1) is 0 Å². The predicted molar refractivity (Wildman–Crippen MR) is 90.1 cm³/mol. The van der Waals surface area contributed by atoms with E-state index < -0.39 is 11.6 Å². The number of nitrogens with zero attached hydrogens (tertiary/aromatic N) is 1. The number of benzene rings is 2. The molecular formula is C18H18N2O4. The molecule has 2 aromatic carbocycles. The van der Waals surface area contributed by atoms with Gasteiger partial charge in [-0.15, -0.1) is 0 Å². The first-order valence-corrected chi connectivity index (χ1v) is 7.55. The van der Waals surface area contributed by atoms with Crippen molar-refractivity contribution in [1.82, 2.24) is 4.98 Å². The van der Waals surface area contributed by atoms with E-state index >= 15 is 0 Å². The fourth-order valence-corrected chi connectivity index (χ4v) is 2.18. The highest BCUT2D eigenvalue weighted by Crippen LogP contribution is 2.22. The first-order valence-electron chi connectivity index (χ1n) is 7.55. The zero-order valence-corrected chi connectivity index (χ0v) is 13.4. The summed E-state index contributed by atoms with van der Waals surface area (Å²) in [6.45, 7) is 3.51. The summed E-state index contributed by atoms with van der Waals surface area (Å²) in [5.41, 5.74) is 1.16. The number of carbonyl (C=O) groups is 1. The third-order valence-electron chi connectivity index (χ3n) is 3.52. The molecule has 24 heavy (non-hydrogen) atoms. The van der Waals surface area contributed by atoms with Gasteiger partial charge in [0.2, 0.25) is 0 Å². The van der Waals surface area contributed by atoms with Gasteiger partial charge in [-0.3, -0.25) is 0 Å². The number of nitrogens with one attached hydrogen (secondary N) is 1. The Balaban J connectivity index is 1.69. The lowest BCUT2D eigenvalue weighted by atomic mass is 10.1. The number of carboxylic acid groups (broad SMARTS) is 1. The molecule has 0 amide bonds. The second-order valence-corrected chi connectivity index (χ2v) is 5.91. The van der Waals surface area contributed by atoms with Crippen molar-refractivity contribution in [1.29, 1.82) is 0 Å². The van der Waals surface area contributed by atoms with Crippen LogP contribution in [0.5, 0.6) is 5.75 Å². The van der Waals surface area contributed by atoms with Crippen LogP contribution in [0.3, 0.4) is 0 Å². The number of hydrogen-bond donors (Lipinski definition) is 2. The molecule has 2 N–H and O–H groups in total. The van der Waals surface area contributed by atoms with Crippen LogP contribution in [0.25, 0.3) is 11.1 Å². The van der Waals surface area contributed by atoms with Gasteiger partial charge in [-0.25, -0.2) is 4.79 Å². The van der Waals surface area contributed by atoms with E-state index in [0.717, 1.165) is 16.7 Å². The molecule has 6 nitrogen and oxygen atoms in total. The van der Waals surface area contributed by atoms with Gasteiger partial charge in [0.25, 0.3) is 6.01 Å². The summed E-state index contributed by atoms with van der Waals surface area (Å²) in [6.07, 6.45) is 0. The minimum atomic E-state index is -1.29. The Morgan fingerprint density at radius 1 is 1.25 bits per heavy atom. The van der Waals surface area contributed by atoms with Crippen molar-refractivity contribution in [2.24, 2.45) is 0 Å². The van der Waals surface area contributed by atoms with Crippen LogP contribution >= 0.6 is 0 Å². The average molecular weight is 326 g/mol. The van der Waals surface area contributed by atoms with E-state index in [0.29, 0.717) is 18.3 Å². The van der Waals surface area contributed by atoms with Crippen LogP contribution in [0.15, 0.2) is 52.9 Å². The molecule has 1 aromatic heterocycles. The highest BCUT2D eigenvalue weighted by atomic mass is 16.5. The smallest absolute Gasteiger partial charge is 0.347 e. The summed E-state index contributed by atoms with van der Waals surface area (Å²) in [5, 5.41) is 12.2. The molecule has 0 unspecified atom stereocenters. The van der Waals surface area contributed by atoms with Crippen molar-refractivity contribution >= 4 is 23.1 Å². The van der Waals surface area contributed by atoms with Crippen LogP contribution in [0, 0.1) is 0 Å². The number of para-hydroxylation sites is 2. The van der Waals surface area contributed by atoms with Crippen molar-refractivity contribution in [2.75, 3.05) is 5.32 Å². The quantitative estimate of drug-likeness (QED) is 0.719. The molecule has 0 saturated heterocycles. The molecule has 0 bridgehead atoms. The van der Waals surface area contributed by atoms with E-state index in [1.165, 1.54) is 13.8 Å². The van der Waals surface area contributed by atoms with Gasteiger partial charge in [0.15, 0.2) is 11.2 Å². The lowest BCUT2D eigenvalue weighted by molar-refractivity contribution is -0.152. The largest absolute Gasteiger partial charge is 0.478 e. The Bertz CT molecular complexity index is 837. The molecule has 0 saturated carbocycles. The average Bonchev–Trinajstić information content (AvgIpc) is 2.95. The summed E-state index contributed by atoms with van der Waals surface area (Å²) in [4.78, 5) is 15.5. The molecule has 0 radical (unpaired) electrons. The molecule has 3 aromatic rings. The summed E-state index contributed by atoms with van der Waals surface area (Å²) < 4.78 is 11.1. The topological polar surface area (TPSA) is 84.6 Å².